The van der Waals surface area contributed by atoms with Crippen LogP contribution in [0.2, 0.25) is 0 Å². The van der Waals surface area contributed by atoms with Crippen molar-refractivity contribution in [3.63, 3.8) is 0 Å². The molecule has 0 aliphatic heterocycles. The van der Waals surface area contributed by atoms with E-state index >= 15 is 0 Å². The van der Waals surface area contributed by atoms with Crippen LogP contribution >= 0.6 is 8.03 Å². The monoisotopic (exact) mass is 125 g/mol. The first-order chi connectivity index (χ1) is 3.18. The maximum absolute atomic E-state index is 9.83. The molecule has 5 heteroatoms. The lowest BCUT2D eigenvalue weighted by Crippen LogP contribution is -2.19. The third-order valence-corrected chi connectivity index (χ3v) is 1.33. The van der Waals surface area contributed by atoms with Gasteiger partial charge in [0, 0.05) is 0 Å². The molecule has 44 valence electrons. The van der Waals surface area contributed by atoms with E-state index in [1.54, 1.807) is 0 Å². The summed E-state index contributed by atoms with van der Waals surface area (Å²) < 4.78 is 9.83. The van der Waals surface area contributed by atoms with Crippen molar-refractivity contribution in [3.05, 3.63) is 0 Å². The van der Waals surface area contributed by atoms with E-state index in [1.165, 1.54) is 0 Å². The normalized spacial score (nSPS) is 18.7. The van der Waals surface area contributed by atoms with Gasteiger partial charge in [0.05, 0.1) is 6.61 Å². The summed E-state index contributed by atoms with van der Waals surface area (Å²) >= 11 is 0. The zero-order chi connectivity index (χ0) is 5.86. The molecular weight excluding hydrogens is 117 g/mol. The molecule has 0 heterocycles. The zero-order valence-electron chi connectivity index (χ0n) is 3.66. The summed E-state index contributed by atoms with van der Waals surface area (Å²) in [6.07, 6.45) is 0. The van der Waals surface area contributed by atoms with Crippen molar-refractivity contribution in [2.75, 3.05) is 6.61 Å². The van der Waals surface area contributed by atoms with Crippen LogP contribution in [0.4, 0.5) is 0 Å². The van der Waals surface area contributed by atoms with Crippen LogP contribution in [0.15, 0.2) is 0 Å². The fourth-order valence-corrected chi connectivity index (χ4v) is 0.234. The van der Waals surface area contributed by atoms with E-state index in [-0.39, 0.29) is 0 Å². The van der Waals surface area contributed by atoms with Crippen molar-refractivity contribution in [2.45, 2.75) is 5.78 Å². The molecule has 0 spiro atoms. The molecule has 0 aliphatic rings. The smallest absolute Gasteiger partial charge is 0.207 e. The number of rotatable bonds is 2. The highest BCUT2D eigenvalue weighted by atomic mass is 31.1. The molecule has 0 aromatic carbocycles. The molecule has 4 nitrogen and oxygen atoms in total. The van der Waals surface area contributed by atoms with Gasteiger partial charge in [0.25, 0.3) is 0 Å². The quantitative estimate of drug-likeness (QED) is 0.402. The molecule has 2 unspecified atom stereocenters. The lowest BCUT2D eigenvalue weighted by Gasteiger charge is -1.98. The number of hydrogen-bond donors (Lipinski definition) is 3. The van der Waals surface area contributed by atoms with Crippen molar-refractivity contribution in [1.82, 2.24) is 0 Å². The Morgan fingerprint density at radius 2 is 2.29 bits per heavy atom. The van der Waals surface area contributed by atoms with Gasteiger partial charge in [-0.3, -0.25) is 4.57 Å². The maximum Gasteiger partial charge on any atom is 0.207 e. The molecule has 0 rings (SSSR count). The Labute approximate surface area is 41.8 Å². The average molecular weight is 125 g/mol. The predicted octanol–water partition coefficient (Wildman–Crippen LogP) is -1.27. The lowest BCUT2D eigenvalue weighted by molar-refractivity contribution is 0.287. The second-order valence-corrected chi connectivity index (χ2v) is 2.55. The van der Waals surface area contributed by atoms with Crippen LogP contribution in [-0.4, -0.2) is 22.4 Å². The van der Waals surface area contributed by atoms with Crippen molar-refractivity contribution in [2.24, 2.45) is 5.73 Å². The topological polar surface area (TPSA) is 83.5 Å². The average Bonchev–Trinajstić information content (AvgIpc) is 1.65. The van der Waals surface area contributed by atoms with Crippen LogP contribution in [0.1, 0.15) is 0 Å². The number of hydrogen-bond acceptors (Lipinski definition) is 3. The van der Waals surface area contributed by atoms with Crippen LogP contribution in [0.3, 0.4) is 0 Å². The Morgan fingerprint density at radius 1 is 1.86 bits per heavy atom. The van der Waals surface area contributed by atoms with Crippen LogP contribution < -0.4 is 5.73 Å². The summed E-state index contributed by atoms with van der Waals surface area (Å²) in [4.78, 5) is 8.08. The van der Waals surface area contributed by atoms with Crippen LogP contribution in [0.25, 0.3) is 0 Å². The van der Waals surface area contributed by atoms with E-state index in [0.717, 1.165) is 0 Å². The molecule has 0 fully saturated rings. The lowest BCUT2D eigenvalue weighted by atomic mass is 10.7. The zero-order valence-corrected chi connectivity index (χ0v) is 4.66. The minimum absolute atomic E-state index is 0.422. The first kappa shape index (κ1) is 7.11. The second-order valence-electron chi connectivity index (χ2n) is 1.13. The van der Waals surface area contributed by atoms with E-state index in [1.807, 2.05) is 0 Å². The van der Waals surface area contributed by atoms with E-state index in [9.17, 15) is 4.57 Å². The minimum Gasteiger partial charge on any atom is -0.394 e. The first-order valence-electron chi connectivity index (χ1n) is 1.77. The molecule has 0 aliphatic carbocycles. The van der Waals surface area contributed by atoms with Crippen LogP contribution in [0, 0.1) is 0 Å². The molecule has 4 N–H and O–H groups in total. The molecule has 2 atom stereocenters. The molecule has 0 aromatic heterocycles. The SMILES string of the molecule is NC(CO)[PH](=O)O. The fraction of sp³-hybridized carbons (Fsp3) is 1.00. The van der Waals surface area contributed by atoms with E-state index in [4.69, 9.17) is 15.7 Å². The summed E-state index contributed by atoms with van der Waals surface area (Å²) in [6.45, 7) is -0.422. The summed E-state index contributed by atoms with van der Waals surface area (Å²) in [6, 6.07) is 0. The minimum atomic E-state index is -2.69. The number of nitrogens with two attached hydrogens (primary N) is 1. The maximum atomic E-state index is 9.83. The van der Waals surface area contributed by atoms with E-state index in [2.05, 4.69) is 0 Å². The second kappa shape index (κ2) is 3.16. The van der Waals surface area contributed by atoms with Gasteiger partial charge in [-0.05, 0) is 0 Å². The van der Waals surface area contributed by atoms with E-state index < -0.39 is 20.4 Å². The van der Waals surface area contributed by atoms with Crippen LogP contribution in [-0.2, 0) is 4.57 Å². The Kier molecular flexibility index (Phi) is 3.21. The number of aliphatic hydroxyl groups excluding tert-OH is 1. The molecule has 0 radical (unpaired) electrons. The predicted molar refractivity (Wildman–Crippen MR) is 26.3 cm³/mol. The van der Waals surface area contributed by atoms with Gasteiger partial charge in [0.2, 0.25) is 8.03 Å². The summed E-state index contributed by atoms with van der Waals surface area (Å²) in [5, 5.41) is 8.05. The van der Waals surface area contributed by atoms with Crippen molar-refractivity contribution in [3.8, 4) is 0 Å². The van der Waals surface area contributed by atoms with Gasteiger partial charge in [-0.1, -0.05) is 0 Å². The third kappa shape index (κ3) is 2.76. The molecule has 0 aromatic rings. The van der Waals surface area contributed by atoms with Gasteiger partial charge in [0.1, 0.15) is 5.78 Å². The Bertz CT molecular complexity index is 75.3. The molecule has 0 bridgehead atoms. The highest BCUT2D eigenvalue weighted by Crippen LogP contribution is 2.15. The first-order valence-corrected chi connectivity index (χ1v) is 3.21. The van der Waals surface area contributed by atoms with Crippen molar-refractivity contribution in [1.29, 1.82) is 0 Å². The Morgan fingerprint density at radius 3 is 2.29 bits per heavy atom. The highest BCUT2D eigenvalue weighted by Gasteiger charge is 2.03. The molecule has 0 saturated heterocycles. The molecule has 7 heavy (non-hydrogen) atoms. The summed E-state index contributed by atoms with van der Waals surface area (Å²) in [5.41, 5.74) is 4.85. The largest absolute Gasteiger partial charge is 0.394 e. The summed E-state index contributed by atoms with van der Waals surface area (Å²) in [7, 11) is -2.69. The number of aliphatic hydroxyl groups is 1. The van der Waals surface area contributed by atoms with Gasteiger partial charge in [-0.15, -0.1) is 0 Å². The van der Waals surface area contributed by atoms with Crippen LogP contribution in [0.5, 0.6) is 0 Å². The van der Waals surface area contributed by atoms with Crippen molar-refractivity contribution >= 4 is 8.03 Å². The van der Waals surface area contributed by atoms with Gasteiger partial charge in [-0.25, -0.2) is 0 Å². The van der Waals surface area contributed by atoms with Gasteiger partial charge >= 0.3 is 0 Å². The highest BCUT2D eigenvalue weighted by molar-refractivity contribution is 7.38. The standard InChI is InChI=1S/C2H8NO3P/c3-2(1-4)7(5)6/h2,4,7H,1,3H2,(H,5,6). The van der Waals surface area contributed by atoms with Gasteiger partial charge in [-0.2, -0.15) is 0 Å². The Balaban J connectivity index is 3.34. The van der Waals surface area contributed by atoms with Gasteiger partial charge < -0.3 is 15.7 Å². The molecule has 0 amide bonds. The summed E-state index contributed by atoms with van der Waals surface area (Å²) in [5.74, 6) is -0.940. The third-order valence-electron chi connectivity index (χ3n) is 0.514. The molecule has 0 saturated carbocycles. The fourth-order valence-electron chi connectivity index (χ4n) is 0.0781. The Hall–Kier alpha value is 0.110. The van der Waals surface area contributed by atoms with Gasteiger partial charge in [0.15, 0.2) is 0 Å². The van der Waals surface area contributed by atoms with Crippen molar-refractivity contribution < 1.29 is 14.6 Å². The van der Waals surface area contributed by atoms with E-state index in [0.29, 0.717) is 0 Å². The molecular formula is C2H8NO3P.